The van der Waals surface area contributed by atoms with E-state index >= 15 is 0 Å². The Morgan fingerprint density at radius 2 is 2.22 bits per heavy atom. The average Bonchev–Trinajstić information content (AvgIpc) is 3.09. The molecule has 0 saturated carbocycles. The lowest BCUT2D eigenvalue weighted by Gasteiger charge is -2.34. The molecule has 0 N–H and O–H groups in total. The molecule has 0 aromatic heterocycles. The van der Waals surface area contributed by atoms with E-state index in [9.17, 15) is 9.59 Å². The van der Waals surface area contributed by atoms with Crippen molar-refractivity contribution >= 4 is 17.5 Å². The molecule has 2 saturated heterocycles. The molecule has 2 atom stereocenters. The molecule has 2 heterocycles. The molecule has 1 aromatic carbocycles. The summed E-state index contributed by atoms with van der Waals surface area (Å²) in [5.74, 6) is 3.22. The van der Waals surface area contributed by atoms with Gasteiger partial charge < -0.3 is 19.3 Å². The van der Waals surface area contributed by atoms with E-state index in [2.05, 4.69) is 5.92 Å². The highest BCUT2D eigenvalue weighted by atomic mass is 16.5. The first-order valence-electron chi connectivity index (χ1n) is 9.36. The number of ether oxygens (including phenoxy) is 2. The highest BCUT2D eigenvalue weighted by Crippen LogP contribution is 2.29. The standard InChI is InChI=1S/C21H26N2O4/c1-3-10-27-15-16-6-5-9-22(13-16)21(25)17-11-20(24)23(14-17)18-7-4-8-19(12-18)26-2/h1,4,7-8,12,16-17H,5-6,9-11,13-15H2,2H3. The molecule has 1 aromatic rings. The van der Waals surface area contributed by atoms with Gasteiger partial charge in [-0.05, 0) is 30.9 Å². The van der Waals surface area contributed by atoms with Crippen LogP contribution in [0.4, 0.5) is 5.69 Å². The number of benzene rings is 1. The molecule has 0 spiro atoms. The van der Waals surface area contributed by atoms with Gasteiger partial charge in [-0.25, -0.2) is 0 Å². The van der Waals surface area contributed by atoms with Crippen molar-refractivity contribution < 1.29 is 19.1 Å². The minimum atomic E-state index is -0.297. The van der Waals surface area contributed by atoms with Crippen LogP contribution in [0.2, 0.25) is 0 Å². The zero-order valence-electron chi connectivity index (χ0n) is 15.7. The van der Waals surface area contributed by atoms with Crippen LogP contribution in [0.3, 0.4) is 0 Å². The average molecular weight is 370 g/mol. The van der Waals surface area contributed by atoms with Crippen LogP contribution in [0.1, 0.15) is 19.3 Å². The molecular formula is C21H26N2O4. The molecule has 3 rings (SSSR count). The van der Waals surface area contributed by atoms with Crippen LogP contribution < -0.4 is 9.64 Å². The van der Waals surface area contributed by atoms with E-state index in [4.69, 9.17) is 15.9 Å². The number of hydrogen-bond acceptors (Lipinski definition) is 4. The summed E-state index contributed by atoms with van der Waals surface area (Å²) >= 11 is 0. The number of methoxy groups -OCH3 is 1. The number of amides is 2. The fraction of sp³-hybridized carbons (Fsp3) is 0.524. The predicted octanol–water partition coefficient (Wildman–Crippen LogP) is 1.94. The number of anilines is 1. The van der Waals surface area contributed by atoms with Crippen molar-refractivity contribution in [2.75, 3.05) is 44.9 Å². The summed E-state index contributed by atoms with van der Waals surface area (Å²) in [5, 5.41) is 0. The van der Waals surface area contributed by atoms with Gasteiger partial charge in [-0.2, -0.15) is 0 Å². The van der Waals surface area contributed by atoms with Crippen molar-refractivity contribution in [3.63, 3.8) is 0 Å². The molecule has 2 unspecified atom stereocenters. The molecule has 2 aliphatic heterocycles. The zero-order chi connectivity index (χ0) is 19.2. The van der Waals surface area contributed by atoms with Gasteiger partial charge in [0.15, 0.2) is 0 Å². The SMILES string of the molecule is C#CCOCC1CCCN(C(=O)C2CC(=O)N(c3cccc(OC)c3)C2)C1. The normalized spacial score (nSPS) is 22.6. The van der Waals surface area contributed by atoms with Crippen molar-refractivity contribution in [2.45, 2.75) is 19.3 Å². The minimum Gasteiger partial charge on any atom is -0.497 e. The number of likely N-dealkylation sites (tertiary alicyclic amines) is 1. The van der Waals surface area contributed by atoms with Gasteiger partial charge in [0.25, 0.3) is 0 Å². The van der Waals surface area contributed by atoms with Gasteiger partial charge >= 0.3 is 0 Å². The van der Waals surface area contributed by atoms with Crippen LogP contribution in [-0.2, 0) is 14.3 Å². The van der Waals surface area contributed by atoms with Gasteiger partial charge in [-0.3, -0.25) is 9.59 Å². The van der Waals surface area contributed by atoms with Crippen molar-refractivity contribution in [1.82, 2.24) is 4.90 Å². The molecule has 0 radical (unpaired) electrons. The third-order valence-corrected chi connectivity index (χ3v) is 5.21. The zero-order valence-corrected chi connectivity index (χ0v) is 15.7. The number of hydrogen-bond donors (Lipinski definition) is 0. The summed E-state index contributed by atoms with van der Waals surface area (Å²) < 4.78 is 10.7. The molecule has 6 nitrogen and oxygen atoms in total. The van der Waals surface area contributed by atoms with Crippen molar-refractivity contribution in [3.8, 4) is 18.1 Å². The van der Waals surface area contributed by atoms with Crippen molar-refractivity contribution in [1.29, 1.82) is 0 Å². The maximum absolute atomic E-state index is 13.0. The molecular weight excluding hydrogens is 344 g/mol. The Morgan fingerprint density at radius 3 is 3.00 bits per heavy atom. The summed E-state index contributed by atoms with van der Waals surface area (Å²) in [4.78, 5) is 29.0. The quantitative estimate of drug-likeness (QED) is 0.567. The smallest absolute Gasteiger partial charge is 0.228 e. The van der Waals surface area contributed by atoms with Crippen molar-refractivity contribution in [2.24, 2.45) is 11.8 Å². The molecule has 2 aliphatic rings. The molecule has 0 aliphatic carbocycles. The van der Waals surface area contributed by atoms with Gasteiger partial charge in [-0.15, -0.1) is 6.42 Å². The largest absolute Gasteiger partial charge is 0.497 e. The van der Waals surface area contributed by atoms with Crippen LogP contribution in [0.15, 0.2) is 24.3 Å². The van der Waals surface area contributed by atoms with Crippen LogP contribution in [-0.4, -0.2) is 56.7 Å². The van der Waals surface area contributed by atoms with E-state index in [-0.39, 0.29) is 24.2 Å². The molecule has 6 heteroatoms. The predicted molar refractivity (Wildman–Crippen MR) is 102 cm³/mol. The Labute approximate surface area is 160 Å². The van der Waals surface area contributed by atoms with Gasteiger partial charge in [-0.1, -0.05) is 12.0 Å². The van der Waals surface area contributed by atoms with Crippen LogP contribution in [0.25, 0.3) is 0 Å². The maximum Gasteiger partial charge on any atom is 0.228 e. The lowest BCUT2D eigenvalue weighted by molar-refractivity contribution is -0.138. The fourth-order valence-corrected chi connectivity index (χ4v) is 3.84. The molecule has 0 bridgehead atoms. The highest BCUT2D eigenvalue weighted by molar-refractivity contribution is 6.00. The Kier molecular flexibility index (Phi) is 6.36. The summed E-state index contributed by atoms with van der Waals surface area (Å²) in [6.45, 7) is 2.71. The molecule has 27 heavy (non-hydrogen) atoms. The molecule has 2 fully saturated rings. The second-order valence-electron chi connectivity index (χ2n) is 7.12. The van der Waals surface area contributed by atoms with E-state index in [1.54, 1.807) is 12.0 Å². The summed E-state index contributed by atoms with van der Waals surface area (Å²) in [7, 11) is 1.59. The van der Waals surface area contributed by atoms with E-state index in [0.717, 1.165) is 25.1 Å². The Hall–Kier alpha value is -2.52. The van der Waals surface area contributed by atoms with Crippen LogP contribution >= 0.6 is 0 Å². The van der Waals surface area contributed by atoms with E-state index < -0.39 is 0 Å². The highest BCUT2D eigenvalue weighted by Gasteiger charge is 2.38. The lowest BCUT2D eigenvalue weighted by atomic mass is 9.97. The number of carbonyl (C=O) groups is 2. The summed E-state index contributed by atoms with van der Waals surface area (Å²) in [6.07, 6.45) is 7.46. The first kappa shape index (κ1) is 19.2. The van der Waals surface area contributed by atoms with Gasteiger partial charge in [0.2, 0.25) is 11.8 Å². The number of piperidine rings is 1. The number of rotatable bonds is 6. The first-order valence-corrected chi connectivity index (χ1v) is 9.36. The summed E-state index contributed by atoms with van der Waals surface area (Å²) in [5.41, 5.74) is 0.772. The lowest BCUT2D eigenvalue weighted by Crippen LogP contribution is -2.44. The topological polar surface area (TPSA) is 59.1 Å². The fourth-order valence-electron chi connectivity index (χ4n) is 3.84. The maximum atomic E-state index is 13.0. The van der Waals surface area contributed by atoms with Crippen LogP contribution in [0.5, 0.6) is 5.75 Å². The van der Waals surface area contributed by atoms with E-state index in [1.807, 2.05) is 29.2 Å². The number of terminal acetylenes is 1. The third-order valence-electron chi connectivity index (χ3n) is 5.21. The van der Waals surface area contributed by atoms with E-state index in [0.29, 0.717) is 38.0 Å². The monoisotopic (exact) mass is 370 g/mol. The molecule has 2 amide bonds. The first-order chi connectivity index (χ1) is 13.1. The second-order valence-corrected chi connectivity index (χ2v) is 7.12. The Balaban J connectivity index is 1.60. The van der Waals surface area contributed by atoms with E-state index in [1.165, 1.54) is 0 Å². The van der Waals surface area contributed by atoms with Gasteiger partial charge in [0, 0.05) is 37.8 Å². The van der Waals surface area contributed by atoms with Crippen LogP contribution in [0, 0.1) is 24.2 Å². The van der Waals surface area contributed by atoms with Gasteiger partial charge in [0.1, 0.15) is 12.4 Å². The third kappa shape index (κ3) is 4.61. The van der Waals surface area contributed by atoms with Crippen molar-refractivity contribution in [3.05, 3.63) is 24.3 Å². The second kappa shape index (κ2) is 8.92. The summed E-state index contributed by atoms with van der Waals surface area (Å²) in [6, 6.07) is 7.38. The minimum absolute atomic E-state index is 0.0208. The van der Waals surface area contributed by atoms with Gasteiger partial charge in [0.05, 0.1) is 19.6 Å². The number of carbonyl (C=O) groups excluding carboxylic acids is 2. The number of nitrogens with zero attached hydrogens (tertiary/aromatic N) is 2. The Bertz CT molecular complexity index is 727. The Morgan fingerprint density at radius 1 is 1.37 bits per heavy atom. The molecule has 144 valence electrons.